The van der Waals surface area contributed by atoms with Gasteiger partial charge in [0, 0.05) is 11.9 Å². The van der Waals surface area contributed by atoms with Gasteiger partial charge in [0.15, 0.2) is 0 Å². The number of allylic oxidation sites excluding steroid dienone is 4. The van der Waals surface area contributed by atoms with E-state index in [4.69, 9.17) is 4.99 Å². The fourth-order valence-electron chi connectivity index (χ4n) is 10.2. The Bertz CT molecular complexity index is 2940. The molecule has 0 radical (unpaired) electrons. The molecule has 3 aliphatic rings. The van der Waals surface area contributed by atoms with Crippen molar-refractivity contribution in [2.45, 2.75) is 25.3 Å². The van der Waals surface area contributed by atoms with Gasteiger partial charge in [-0.3, -0.25) is 4.99 Å². The minimum Gasteiger partial charge on any atom is -0.310 e. The lowest BCUT2D eigenvalue weighted by atomic mass is 9.62. The van der Waals surface area contributed by atoms with Crippen molar-refractivity contribution < 1.29 is 0 Å². The molecule has 2 nitrogen and oxygen atoms in total. The Labute approximate surface area is 353 Å². The van der Waals surface area contributed by atoms with Crippen LogP contribution in [0.25, 0.3) is 33.4 Å². The van der Waals surface area contributed by atoms with Gasteiger partial charge in [0.25, 0.3) is 0 Å². The Hall–Kier alpha value is -7.29. The molecule has 0 amide bonds. The summed E-state index contributed by atoms with van der Waals surface area (Å²) in [7, 11) is 0. The Kier molecular flexibility index (Phi) is 8.85. The molecule has 1 atom stereocenters. The highest BCUT2D eigenvalue weighted by atomic mass is 15.2. The first-order valence-corrected chi connectivity index (χ1v) is 21.1. The third-order valence-corrected chi connectivity index (χ3v) is 12.8. The van der Waals surface area contributed by atoms with Gasteiger partial charge in [-0.15, -0.1) is 0 Å². The van der Waals surface area contributed by atoms with E-state index in [0.717, 1.165) is 12.0 Å². The number of hydrogen-bond donors (Lipinski definition) is 0. The van der Waals surface area contributed by atoms with Crippen molar-refractivity contribution in [3.63, 3.8) is 0 Å². The molecule has 60 heavy (non-hydrogen) atoms. The van der Waals surface area contributed by atoms with E-state index >= 15 is 0 Å². The zero-order chi connectivity index (χ0) is 40.0. The maximum Gasteiger partial charge on any atom is 0.0751 e. The van der Waals surface area contributed by atoms with E-state index in [-0.39, 0.29) is 0 Å². The molecule has 1 unspecified atom stereocenters. The maximum atomic E-state index is 4.85. The molecule has 1 aliphatic heterocycles. The summed E-state index contributed by atoms with van der Waals surface area (Å²) in [6.45, 7) is 3.06. The lowest BCUT2D eigenvalue weighted by Gasteiger charge is -2.46. The van der Waals surface area contributed by atoms with Gasteiger partial charge in [-0.1, -0.05) is 183 Å². The smallest absolute Gasteiger partial charge is 0.0751 e. The van der Waals surface area contributed by atoms with Crippen LogP contribution in [0.5, 0.6) is 0 Å². The summed E-state index contributed by atoms with van der Waals surface area (Å²) in [5, 5.41) is 0. The van der Waals surface area contributed by atoms with Crippen molar-refractivity contribution in [1.82, 2.24) is 0 Å². The first-order chi connectivity index (χ1) is 29.7. The highest BCUT2D eigenvalue weighted by Crippen LogP contribution is 2.65. The molecule has 0 fully saturated rings. The molecule has 2 heteroatoms. The number of benzene rings is 8. The average Bonchev–Trinajstić information content (AvgIpc) is 3.61. The molecule has 0 bridgehead atoms. The summed E-state index contributed by atoms with van der Waals surface area (Å²) in [5.41, 5.74) is 21.3. The van der Waals surface area contributed by atoms with Gasteiger partial charge in [0.2, 0.25) is 0 Å². The molecule has 11 rings (SSSR count). The summed E-state index contributed by atoms with van der Waals surface area (Å²) in [6, 6.07) is 75.4. The van der Waals surface area contributed by atoms with E-state index in [1.165, 1.54) is 89.4 Å². The summed E-state index contributed by atoms with van der Waals surface area (Å²) < 4.78 is 0. The van der Waals surface area contributed by atoms with Crippen LogP contribution >= 0.6 is 0 Å². The number of aliphatic imine (C=N–C) groups is 1. The van der Waals surface area contributed by atoms with Gasteiger partial charge in [-0.25, -0.2) is 0 Å². The molecule has 2 aliphatic carbocycles. The van der Waals surface area contributed by atoms with Crippen LogP contribution in [0.1, 0.15) is 52.3 Å². The van der Waals surface area contributed by atoms with Crippen molar-refractivity contribution >= 4 is 34.4 Å². The topological polar surface area (TPSA) is 15.6 Å². The minimum absolute atomic E-state index is 0.339. The van der Waals surface area contributed by atoms with Crippen LogP contribution in [-0.4, -0.2) is 6.21 Å². The van der Waals surface area contributed by atoms with Crippen molar-refractivity contribution in [2.24, 2.45) is 10.9 Å². The monoisotopic (exact) mass is 768 g/mol. The Morgan fingerprint density at radius 3 is 1.83 bits per heavy atom. The number of fused-ring (bicyclic) bond motifs is 8. The number of rotatable bonds is 7. The standard InChI is InChI=1S/C58H44N2/c1-40-34-48(47-21-15-20-46(36-47)45-19-14-16-42(35-45)39-59-38-41-30-32-44(33-31-41)43-17-4-2-5-18-43)37-54-57(40)50-24-8-9-25-51(50)58(54)52-26-10-12-28-55(52)60(49-22-6-3-7-23-49)56-29-13-11-27-53(56)58/h2-33,35-38,40H,34,39H2,1H3/b59-38+. The second-order valence-corrected chi connectivity index (χ2v) is 16.3. The summed E-state index contributed by atoms with van der Waals surface area (Å²) >= 11 is 0. The quantitative estimate of drug-likeness (QED) is 0.147. The van der Waals surface area contributed by atoms with E-state index < -0.39 is 5.41 Å². The summed E-state index contributed by atoms with van der Waals surface area (Å²) in [4.78, 5) is 7.31. The molecule has 1 heterocycles. The van der Waals surface area contributed by atoms with E-state index in [0.29, 0.717) is 12.5 Å². The van der Waals surface area contributed by atoms with Crippen LogP contribution in [0.3, 0.4) is 0 Å². The van der Waals surface area contributed by atoms with Crippen molar-refractivity contribution in [2.75, 3.05) is 4.90 Å². The van der Waals surface area contributed by atoms with Gasteiger partial charge in [0.05, 0.1) is 23.3 Å². The number of nitrogens with zero attached hydrogens (tertiary/aromatic N) is 2. The van der Waals surface area contributed by atoms with Crippen molar-refractivity contribution in [1.29, 1.82) is 0 Å². The van der Waals surface area contributed by atoms with E-state index in [9.17, 15) is 0 Å². The Morgan fingerprint density at radius 2 is 1.10 bits per heavy atom. The van der Waals surface area contributed by atoms with Crippen LogP contribution in [0.2, 0.25) is 0 Å². The first-order valence-electron chi connectivity index (χ1n) is 21.1. The maximum absolute atomic E-state index is 4.85. The molecule has 0 saturated carbocycles. The SMILES string of the molecule is CC1CC(c2cccc(-c3cccc(C/N=C/c4ccc(-c5ccccc5)cc4)c3)c2)=CC2=C1c1ccccc1C21c2ccccc2N(c2ccccc2)c2ccccc21. The molecule has 8 aromatic carbocycles. The minimum atomic E-state index is -0.458. The lowest BCUT2D eigenvalue weighted by Crippen LogP contribution is -2.37. The largest absolute Gasteiger partial charge is 0.310 e. The van der Waals surface area contributed by atoms with Crippen molar-refractivity contribution in [3.8, 4) is 22.3 Å². The fraction of sp³-hybridized carbons (Fsp3) is 0.0862. The van der Waals surface area contributed by atoms with Gasteiger partial charge in [-0.05, 0) is 127 Å². The summed E-state index contributed by atoms with van der Waals surface area (Å²) in [6.07, 6.45) is 5.53. The van der Waals surface area contributed by atoms with Gasteiger partial charge in [-0.2, -0.15) is 0 Å². The highest BCUT2D eigenvalue weighted by Gasteiger charge is 2.53. The molecular weight excluding hydrogens is 725 g/mol. The third-order valence-electron chi connectivity index (χ3n) is 12.8. The number of para-hydroxylation sites is 3. The highest BCUT2D eigenvalue weighted by molar-refractivity contribution is 5.99. The molecule has 0 saturated heterocycles. The molecule has 8 aromatic rings. The molecule has 286 valence electrons. The summed E-state index contributed by atoms with van der Waals surface area (Å²) in [5.74, 6) is 0.339. The van der Waals surface area contributed by atoms with E-state index in [1.54, 1.807) is 0 Å². The van der Waals surface area contributed by atoms with Gasteiger partial charge < -0.3 is 4.90 Å². The third kappa shape index (κ3) is 5.90. The normalized spacial score (nSPS) is 16.0. The predicted molar refractivity (Wildman–Crippen MR) is 251 cm³/mol. The van der Waals surface area contributed by atoms with Gasteiger partial charge in [0.1, 0.15) is 0 Å². The molecule has 0 aromatic heterocycles. The Morgan fingerprint density at radius 1 is 0.533 bits per heavy atom. The second-order valence-electron chi connectivity index (χ2n) is 16.3. The van der Waals surface area contributed by atoms with E-state index in [1.807, 2.05) is 6.21 Å². The zero-order valence-electron chi connectivity index (χ0n) is 33.7. The van der Waals surface area contributed by atoms with Crippen LogP contribution in [0.15, 0.2) is 223 Å². The number of anilines is 3. The van der Waals surface area contributed by atoms with Crippen LogP contribution in [-0.2, 0) is 12.0 Å². The average molecular weight is 769 g/mol. The zero-order valence-corrected chi connectivity index (χ0v) is 33.7. The van der Waals surface area contributed by atoms with Gasteiger partial charge >= 0.3 is 0 Å². The molecular formula is C58H44N2. The lowest BCUT2D eigenvalue weighted by molar-refractivity contribution is 0.721. The number of hydrogen-bond acceptors (Lipinski definition) is 2. The van der Waals surface area contributed by atoms with Crippen LogP contribution in [0.4, 0.5) is 17.1 Å². The fourth-order valence-corrected chi connectivity index (χ4v) is 10.2. The van der Waals surface area contributed by atoms with Crippen LogP contribution in [0, 0.1) is 5.92 Å². The predicted octanol–water partition coefficient (Wildman–Crippen LogP) is 14.6. The van der Waals surface area contributed by atoms with Crippen molar-refractivity contribution in [3.05, 3.63) is 257 Å². The first kappa shape index (κ1) is 35.8. The van der Waals surface area contributed by atoms with E-state index in [2.05, 4.69) is 224 Å². The second kappa shape index (κ2) is 14.8. The molecule has 1 spiro atoms. The Balaban J connectivity index is 0.957. The van der Waals surface area contributed by atoms with Crippen LogP contribution < -0.4 is 4.90 Å². The molecule has 0 N–H and O–H groups in total.